The number of hydrogen-bond donors (Lipinski definition) is 0. The van der Waals surface area contributed by atoms with Crippen molar-refractivity contribution in [1.29, 1.82) is 0 Å². The summed E-state index contributed by atoms with van der Waals surface area (Å²) in [7, 11) is 0. The van der Waals surface area contributed by atoms with Crippen LogP contribution in [0, 0.1) is 11.6 Å². The van der Waals surface area contributed by atoms with Gasteiger partial charge in [-0.2, -0.15) is 0 Å². The summed E-state index contributed by atoms with van der Waals surface area (Å²) in [6.07, 6.45) is 5.86. The molecule has 4 aromatic rings. The Kier molecular flexibility index (Phi) is 6.22. The molecule has 0 saturated carbocycles. The van der Waals surface area contributed by atoms with Crippen LogP contribution in [0.15, 0.2) is 55.1 Å². The van der Waals surface area contributed by atoms with E-state index >= 15 is 0 Å². The Labute approximate surface area is 181 Å². The van der Waals surface area contributed by atoms with Gasteiger partial charge in [0.25, 0.3) is 5.91 Å². The number of hydrogen-bond acceptors (Lipinski definition) is 5. The first-order valence-electron chi connectivity index (χ1n) is 9.81. The number of ether oxygens (including phenoxy) is 1. The fourth-order valence-corrected chi connectivity index (χ4v) is 4.18. The first-order valence-corrected chi connectivity index (χ1v) is 10.6. The van der Waals surface area contributed by atoms with Crippen molar-refractivity contribution < 1.29 is 18.3 Å². The minimum Gasteiger partial charge on any atom is -0.494 e. The lowest BCUT2D eigenvalue weighted by Gasteiger charge is -2.20. The summed E-state index contributed by atoms with van der Waals surface area (Å²) < 4.78 is 35.4. The van der Waals surface area contributed by atoms with Gasteiger partial charge in [-0.25, -0.2) is 18.7 Å². The summed E-state index contributed by atoms with van der Waals surface area (Å²) in [5, 5.41) is 0.490. The van der Waals surface area contributed by atoms with Crippen LogP contribution in [-0.2, 0) is 6.54 Å². The summed E-state index contributed by atoms with van der Waals surface area (Å²) in [5.41, 5.74) is 0.803. The Bertz CT molecular complexity index is 1190. The summed E-state index contributed by atoms with van der Waals surface area (Å²) >= 11 is 1.35. The molecule has 2 aromatic heterocycles. The Hall–Kier alpha value is -3.33. The van der Waals surface area contributed by atoms with Crippen molar-refractivity contribution in [3.05, 3.63) is 72.3 Å². The number of thiazole rings is 1. The summed E-state index contributed by atoms with van der Waals surface area (Å²) in [5.74, 6) is -1.76. The van der Waals surface area contributed by atoms with Crippen LogP contribution in [0.5, 0.6) is 5.75 Å². The van der Waals surface area contributed by atoms with Crippen molar-refractivity contribution in [2.75, 3.05) is 18.1 Å². The third kappa shape index (κ3) is 4.72. The van der Waals surface area contributed by atoms with E-state index in [1.807, 2.05) is 35.9 Å². The fourth-order valence-electron chi connectivity index (χ4n) is 3.16. The molecule has 1 amide bonds. The summed E-state index contributed by atoms with van der Waals surface area (Å²) in [4.78, 5) is 23.3. The van der Waals surface area contributed by atoms with E-state index in [1.54, 1.807) is 12.5 Å². The Balaban J connectivity index is 1.64. The van der Waals surface area contributed by atoms with Gasteiger partial charge in [0.1, 0.15) is 5.75 Å². The summed E-state index contributed by atoms with van der Waals surface area (Å²) in [6.45, 7) is 3.46. The summed E-state index contributed by atoms with van der Waals surface area (Å²) in [6, 6.07) is 8.71. The van der Waals surface area contributed by atoms with Gasteiger partial charge in [-0.05, 0) is 49.7 Å². The lowest BCUT2D eigenvalue weighted by atomic mass is 10.2. The van der Waals surface area contributed by atoms with Crippen LogP contribution >= 0.6 is 11.3 Å². The number of halogens is 2. The number of benzene rings is 2. The molecule has 6 nitrogen and oxygen atoms in total. The van der Waals surface area contributed by atoms with Crippen LogP contribution in [0.1, 0.15) is 23.7 Å². The highest BCUT2D eigenvalue weighted by molar-refractivity contribution is 7.22. The zero-order valence-electron chi connectivity index (χ0n) is 16.8. The zero-order valence-corrected chi connectivity index (χ0v) is 17.6. The van der Waals surface area contributed by atoms with E-state index in [1.165, 1.54) is 22.3 Å². The van der Waals surface area contributed by atoms with Gasteiger partial charge >= 0.3 is 0 Å². The van der Waals surface area contributed by atoms with Crippen molar-refractivity contribution in [2.45, 2.75) is 19.9 Å². The minimum atomic E-state index is -1.06. The fraction of sp³-hybridized carbons (Fsp3) is 0.227. The van der Waals surface area contributed by atoms with Gasteiger partial charge in [-0.1, -0.05) is 11.3 Å². The van der Waals surface area contributed by atoms with Crippen molar-refractivity contribution in [3.8, 4) is 5.75 Å². The second-order valence-corrected chi connectivity index (χ2v) is 7.81. The maximum absolute atomic E-state index is 13.7. The number of aryl methyl sites for hydroxylation is 1. The quantitative estimate of drug-likeness (QED) is 0.389. The molecule has 0 bridgehead atoms. The SMILES string of the molecule is CCOc1ccc2nc(N(CCCn3ccnc3)C(=O)c3ccc(F)c(F)c3)sc2c1. The van der Waals surface area contributed by atoms with Crippen molar-refractivity contribution in [1.82, 2.24) is 14.5 Å². The highest BCUT2D eigenvalue weighted by atomic mass is 32.1. The van der Waals surface area contributed by atoms with Gasteiger partial charge in [0.05, 0.1) is 23.2 Å². The first-order chi connectivity index (χ1) is 15.0. The van der Waals surface area contributed by atoms with Crippen LogP contribution in [0.4, 0.5) is 13.9 Å². The number of rotatable bonds is 8. The molecule has 2 aromatic carbocycles. The third-order valence-corrected chi connectivity index (χ3v) is 5.70. The number of anilines is 1. The number of nitrogens with zero attached hydrogens (tertiary/aromatic N) is 4. The molecule has 0 radical (unpaired) electrons. The Morgan fingerprint density at radius 3 is 2.81 bits per heavy atom. The van der Waals surface area contributed by atoms with E-state index in [2.05, 4.69) is 9.97 Å². The molecule has 0 aliphatic rings. The number of aromatic nitrogens is 3. The van der Waals surface area contributed by atoms with E-state index in [0.29, 0.717) is 31.2 Å². The highest BCUT2D eigenvalue weighted by Crippen LogP contribution is 2.32. The maximum atomic E-state index is 13.7. The van der Waals surface area contributed by atoms with Crippen LogP contribution in [-0.4, -0.2) is 33.6 Å². The van der Waals surface area contributed by atoms with Crippen molar-refractivity contribution in [2.24, 2.45) is 0 Å². The van der Waals surface area contributed by atoms with Crippen molar-refractivity contribution in [3.63, 3.8) is 0 Å². The molecular weight excluding hydrogens is 422 g/mol. The molecule has 4 rings (SSSR count). The molecule has 0 spiro atoms. The second-order valence-electron chi connectivity index (χ2n) is 6.80. The van der Waals surface area contributed by atoms with E-state index in [4.69, 9.17) is 4.74 Å². The van der Waals surface area contributed by atoms with Gasteiger partial charge < -0.3 is 9.30 Å². The van der Waals surface area contributed by atoms with E-state index < -0.39 is 17.5 Å². The number of carbonyl (C=O) groups is 1. The number of imidazole rings is 1. The first kappa shape index (κ1) is 20.9. The van der Waals surface area contributed by atoms with Gasteiger partial charge in [-0.3, -0.25) is 9.69 Å². The average molecular weight is 442 g/mol. The van der Waals surface area contributed by atoms with E-state index in [0.717, 1.165) is 28.1 Å². The number of carbonyl (C=O) groups excluding carboxylic acids is 1. The molecule has 31 heavy (non-hydrogen) atoms. The van der Waals surface area contributed by atoms with E-state index in [9.17, 15) is 13.6 Å². The van der Waals surface area contributed by atoms with Crippen LogP contribution < -0.4 is 9.64 Å². The predicted octanol–water partition coefficient (Wildman–Crippen LogP) is 4.91. The monoisotopic (exact) mass is 442 g/mol. The van der Waals surface area contributed by atoms with Gasteiger partial charge in [0.15, 0.2) is 16.8 Å². The predicted molar refractivity (Wildman–Crippen MR) is 116 cm³/mol. The topological polar surface area (TPSA) is 60.2 Å². The molecule has 0 aliphatic carbocycles. The van der Waals surface area contributed by atoms with Crippen LogP contribution in [0.2, 0.25) is 0 Å². The number of fused-ring (bicyclic) bond motifs is 1. The molecule has 0 N–H and O–H groups in total. The normalized spacial score (nSPS) is 11.1. The van der Waals surface area contributed by atoms with Gasteiger partial charge in [0.2, 0.25) is 0 Å². The maximum Gasteiger partial charge on any atom is 0.260 e. The molecule has 0 atom stereocenters. The standard InChI is InChI=1S/C22H20F2N4O2S/c1-2-30-16-5-7-19-20(13-16)31-22(26-19)28(10-3-9-27-11-8-25-14-27)21(29)15-4-6-17(23)18(24)12-15/h4-8,11-14H,2-3,9-10H2,1H3. The Morgan fingerprint density at radius 2 is 2.06 bits per heavy atom. The van der Waals surface area contributed by atoms with Gasteiger partial charge in [-0.15, -0.1) is 0 Å². The zero-order chi connectivity index (χ0) is 21.8. The molecule has 0 aliphatic heterocycles. The molecule has 9 heteroatoms. The van der Waals surface area contributed by atoms with Crippen LogP contribution in [0.3, 0.4) is 0 Å². The molecule has 0 saturated heterocycles. The van der Waals surface area contributed by atoms with Gasteiger partial charge in [0, 0.05) is 31.0 Å². The molecular formula is C22H20F2N4O2S. The van der Waals surface area contributed by atoms with Crippen LogP contribution in [0.25, 0.3) is 10.2 Å². The molecule has 160 valence electrons. The second kappa shape index (κ2) is 9.22. The highest BCUT2D eigenvalue weighted by Gasteiger charge is 2.22. The lowest BCUT2D eigenvalue weighted by Crippen LogP contribution is -2.32. The third-order valence-electron chi connectivity index (χ3n) is 4.66. The minimum absolute atomic E-state index is 0.0655. The van der Waals surface area contributed by atoms with Crippen molar-refractivity contribution >= 4 is 32.6 Å². The average Bonchev–Trinajstić information content (AvgIpc) is 3.42. The number of amides is 1. The Morgan fingerprint density at radius 1 is 1.19 bits per heavy atom. The molecule has 0 unspecified atom stereocenters. The largest absolute Gasteiger partial charge is 0.494 e. The smallest absolute Gasteiger partial charge is 0.260 e. The van der Waals surface area contributed by atoms with E-state index in [-0.39, 0.29) is 5.56 Å². The molecule has 2 heterocycles. The lowest BCUT2D eigenvalue weighted by molar-refractivity contribution is 0.0985. The molecule has 0 fully saturated rings.